The summed E-state index contributed by atoms with van der Waals surface area (Å²) >= 11 is 0. The van der Waals surface area contributed by atoms with Crippen molar-refractivity contribution < 1.29 is 5.11 Å². The van der Waals surface area contributed by atoms with Crippen molar-refractivity contribution in [1.82, 2.24) is 5.32 Å². The highest BCUT2D eigenvalue weighted by Crippen LogP contribution is 2.33. The maximum absolute atomic E-state index is 10.5. The Hall–Kier alpha value is -0.860. The van der Waals surface area contributed by atoms with Gasteiger partial charge in [0, 0.05) is 6.04 Å². The van der Waals surface area contributed by atoms with Crippen molar-refractivity contribution in [3.05, 3.63) is 35.4 Å². The second kappa shape index (κ2) is 6.73. The summed E-state index contributed by atoms with van der Waals surface area (Å²) in [4.78, 5) is 0. The van der Waals surface area contributed by atoms with E-state index in [9.17, 15) is 5.11 Å². The first-order chi connectivity index (χ1) is 9.84. The van der Waals surface area contributed by atoms with Crippen LogP contribution in [0.15, 0.2) is 24.3 Å². The van der Waals surface area contributed by atoms with Crippen LogP contribution in [0.3, 0.4) is 0 Å². The second-order valence-corrected chi connectivity index (χ2v) is 6.50. The molecule has 0 bridgehead atoms. The molecule has 1 aromatic rings. The SMILES string of the molecule is OC(c1ccc(C2CCCCC2)cc1)C1CCCCN1. The molecule has 1 saturated heterocycles. The number of hydrogen-bond acceptors (Lipinski definition) is 2. The van der Waals surface area contributed by atoms with E-state index in [1.165, 1.54) is 50.5 Å². The lowest BCUT2D eigenvalue weighted by Gasteiger charge is -2.28. The molecule has 2 N–H and O–H groups in total. The first-order valence-corrected chi connectivity index (χ1v) is 8.36. The van der Waals surface area contributed by atoms with Gasteiger partial charge in [-0.05, 0) is 49.3 Å². The lowest BCUT2D eigenvalue weighted by atomic mass is 9.83. The molecule has 0 spiro atoms. The fourth-order valence-electron chi connectivity index (χ4n) is 3.78. The Morgan fingerprint density at radius 2 is 1.60 bits per heavy atom. The number of aliphatic hydroxyl groups is 1. The third-order valence-electron chi connectivity index (χ3n) is 5.08. The first-order valence-electron chi connectivity index (χ1n) is 8.36. The van der Waals surface area contributed by atoms with Gasteiger partial charge in [-0.1, -0.05) is 49.9 Å². The van der Waals surface area contributed by atoms with Gasteiger partial charge >= 0.3 is 0 Å². The summed E-state index contributed by atoms with van der Waals surface area (Å²) in [6, 6.07) is 9.02. The Kier molecular flexibility index (Phi) is 4.74. The quantitative estimate of drug-likeness (QED) is 0.875. The van der Waals surface area contributed by atoms with Gasteiger partial charge in [0.25, 0.3) is 0 Å². The molecule has 20 heavy (non-hydrogen) atoms. The fourth-order valence-corrected chi connectivity index (χ4v) is 3.78. The third kappa shape index (κ3) is 3.24. The molecule has 2 aliphatic rings. The predicted octanol–water partition coefficient (Wildman–Crippen LogP) is 3.91. The highest BCUT2D eigenvalue weighted by molar-refractivity contribution is 5.27. The summed E-state index contributed by atoms with van der Waals surface area (Å²) < 4.78 is 0. The molecule has 1 aliphatic carbocycles. The van der Waals surface area contributed by atoms with Gasteiger partial charge in [-0.3, -0.25) is 0 Å². The largest absolute Gasteiger partial charge is 0.387 e. The molecule has 110 valence electrons. The van der Waals surface area contributed by atoms with E-state index in [1.54, 1.807) is 0 Å². The summed E-state index contributed by atoms with van der Waals surface area (Å²) in [6.07, 6.45) is 10.0. The fraction of sp³-hybridized carbons (Fsp3) is 0.667. The van der Waals surface area contributed by atoms with Gasteiger partial charge in [-0.15, -0.1) is 0 Å². The average Bonchev–Trinajstić information content (AvgIpc) is 2.56. The van der Waals surface area contributed by atoms with E-state index in [0.717, 1.165) is 24.4 Å². The number of rotatable bonds is 3. The normalized spacial score (nSPS) is 26.4. The summed E-state index contributed by atoms with van der Waals surface area (Å²) in [6.45, 7) is 1.04. The highest BCUT2D eigenvalue weighted by atomic mass is 16.3. The van der Waals surface area contributed by atoms with Gasteiger partial charge in [0.2, 0.25) is 0 Å². The maximum atomic E-state index is 10.5. The first kappa shape index (κ1) is 14.1. The van der Waals surface area contributed by atoms with Crippen LogP contribution >= 0.6 is 0 Å². The molecule has 2 heteroatoms. The highest BCUT2D eigenvalue weighted by Gasteiger charge is 2.23. The molecule has 2 atom stereocenters. The van der Waals surface area contributed by atoms with Crippen LogP contribution in [0.5, 0.6) is 0 Å². The van der Waals surface area contributed by atoms with Crippen molar-refractivity contribution in [3.8, 4) is 0 Å². The van der Waals surface area contributed by atoms with Crippen molar-refractivity contribution in [2.45, 2.75) is 69.4 Å². The van der Waals surface area contributed by atoms with Crippen LogP contribution in [0.4, 0.5) is 0 Å². The van der Waals surface area contributed by atoms with E-state index in [-0.39, 0.29) is 12.1 Å². The number of piperidine rings is 1. The Balaban J connectivity index is 1.65. The van der Waals surface area contributed by atoms with Crippen molar-refractivity contribution in [2.75, 3.05) is 6.54 Å². The van der Waals surface area contributed by atoms with E-state index in [0.29, 0.717) is 0 Å². The minimum Gasteiger partial charge on any atom is -0.387 e. The zero-order valence-electron chi connectivity index (χ0n) is 12.4. The summed E-state index contributed by atoms with van der Waals surface area (Å²) in [7, 11) is 0. The molecule has 3 rings (SSSR count). The van der Waals surface area contributed by atoms with Gasteiger partial charge in [-0.2, -0.15) is 0 Å². The van der Waals surface area contributed by atoms with Gasteiger partial charge in [0.05, 0.1) is 6.10 Å². The number of hydrogen-bond donors (Lipinski definition) is 2. The van der Waals surface area contributed by atoms with Crippen LogP contribution in [0.1, 0.15) is 74.5 Å². The molecular weight excluding hydrogens is 246 g/mol. The van der Waals surface area contributed by atoms with E-state index < -0.39 is 0 Å². The average molecular weight is 273 g/mol. The molecule has 1 aromatic carbocycles. The van der Waals surface area contributed by atoms with Crippen LogP contribution < -0.4 is 5.32 Å². The van der Waals surface area contributed by atoms with Crippen molar-refractivity contribution in [2.24, 2.45) is 0 Å². The zero-order chi connectivity index (χ0) is 13.8. The Morgan fingerprint density at radius 3 is 2.25 bits per heavy atom. The van der Waals surface area contributed by atoms with Gasteiger partial charge in [0.15, 0.2) is 0 Å². The smallest absolute Gasteiger partial charge is 0.0942 e. The molecule has 2 fully saturated rings. The van der Waals surface area contributed by atoms with Crippen LogP contribution in [-0.4, -0.2) is 17.7 Å². The summed E-state index contributed by atoms with van der Waals surface area (Å²) in [5, 5.41) is 13.9. The van der Waals surface area contributed by atoms with Crippen molar-refractivity contribution in [3.63, 3.8) is 0 Å². The second-order valence-electron chi connectivity index (χ2n) is 6.50. The molecular formula is C18H27NO. The van der Waals surface area contributed by atoms with Crippen LogP contribution in [-0.2, 0) is 0 Å². The maximum Gasteiger partial charge on any atom is 0.0942 e. The standard InChI is InChI=1S/C18H27NO/c20-18(17-8-4-5-13-19-17)16-11-9-15(10-12-16)14-6-2-1-3-7-14/h9-12,14,17-20H,1-8,13H2. The monoisotopic (exact) mass is 273 g/mol. The summed E-state index contributed by atoms with van der Waals surface area (Å²) in [5.74, 6) is 0.753. The molecule has 2 nitrogen and oxygen atoms in total. The van der Waals surface area contributed by atoms with Gasteiger partial charge < -0.3 is 10.4 Å². The Labute approximate surface area is 122 Å². The zero-order valence-corrected chi connectivity index (χ0v) is 12.4. The van der Waals surface area contributed by atoms with E-state index in [2.05, 4.69) is 29.6 Å². The van der Waals surface area contributed by atoms with Crippen molar-refractivity contribution in [1.29, 1.82) is 0 Å². The molecule has 0 aromatic heterocycles. The van der Waals surface area contributed by atoms with Crippen molar-refractivity contribution >= 4 is 0 Å². The summed E-state index contributed by atoms with van der Waals surface area (Å²) in [5.41, 5.74) is 2.54. The molecule has 1 aliphatic heterocycles. The van der Waals surface area contributed by atoms with Gasteiger partial charge in [0.1, 0.15) is 0 Å². The van der Waals surface area contributed by atoms with Crippen LogP contribution in [0, 0.1) is 0 Å². The van der Waals surface area contributed by atoms with E-state index in [1.807, 2.05) is 0 Å². The molecule has 0 amide bonds. The third-order valence-corrected chi connectivity index (χ3v) is 5.08. The van der Waals surface area contributed by atoms with Gasteiger partial charge in [-0.25, -0.2) is 0 Å². The molecule has 2 unspecified atom stereocenters. The molecule has 0 radical (unpaired) electrons. The molecule has 1 saturated carbocycles. The van der Waals surface area contributed by atoms with Crippen LogP contribution in [0.2, 0.25) is 0 Å². The number of aliphatic hydroxyl groups excluding tert-OH is 1. The topological polar surface area (TPSA) is 32.3 Å². The van der Waals surface area contributed by atoms with E-state index in [4.69, 9.17) is 0 Å². The minimum atomic E-state index is -0.351. The number of benzene rings is 1. The predicted molar refractivity (Wildman–Crippen MR) is 82.9 cm³/mol. The lowest BCUT2D eigenvalue weighted by molar-refractivity contribution is 0.114. The minimum absolute atomic E-state index is 0.240. The Morgan fingerprint density at radius 1 is 0.900 bits per heavy atom. The van der Waals surface area contributed by atoms with E-state index >= 15 is 0 Å². The number of nitrogens with one attached hydrogen (secondary N) is 1. The molecule has 1 heterocycles. The lowest BCUT2D eigenvalue weighted by Crippen LogP contribution is -2.38. The van der Waals surface area contributed by atoms with Crippen LogP contribution in [0.25, 0.3) is 0 Å². The Bertz CT molecular complexity index is 402.